The molecular formula is C12H19N5O2. The lowest BCUT2D eigenvalue weighted by atomic mass is 10.1. The van der Waals surface area contributed by atoms with E-state index in [1.54, 1.807) is 11.9 Å². The topological polar surface area (TPSA) is 104 Å². The van der Waals surface area contributed by atoms with Gasteiger partial charge >= 0.3 is 0 Å². The number of aromatic nitrogens is 2. The summed E-state index contributed by atoms with van der Waals surface area (Å²) in [5, 5.41) is 9.38. The number of hydrogen-bond donors (Lipinski definition) is 3. The van der Waals surface area contributed by atoms with Crippen LogP contribution in [0, 0.1) is 0 Å². The van der Waals surface area contributed by atoms with Crippen molar-refractivity contribution in [2.45, 2.75) is 32.2 Å². The van der Waals surface area contributed by atoms with E-state index in [1.807, 2.05) is 13.8 Å². The Bertz CT molecular complexity index is 508. The Labute approximate surface area is 111 Å². The number of anilines is 1. The van der Waals surface area contributed by atoms with Crippen LogP contribution in [0.15, 0.2) is 0 Å². The van der Waals surface area contributed by atoms with Gasteiger partial charge in [-0.1, -0.05) is 13.8 Å². The first-order valence-corrected chi connectivity index (χ1v) is 6.31. The second kappa shape index (κ2) is 4.91. The molecule has 19 heavy (non-hydrogen) atoms. The van der Waals surface area contributed by atoms with Gasteiger partial charge in [0, 0.05) is 13.6 Å². The van der Waals surface area contributed by atoms with Gasteiger partial charge in [0.1, 0.15) is 6.04 Å². The van der Waals surface area contributed by atoms with E-state index >= 15 is 0 Å². The van der Waals surface area contributed by atoms with Crippen molar-refractivity contribution in [2.24, 2.45) is 0 Å². The van der Waals surface area contributed by atoms with E-state index in [0.29, 0.717) is 18.7 Å². The highest BCUT2D eigenvalue weighted by Gasteiger charge is 2.31. The molecule has 0 saturated carbocycles. The second-order valence-electron chi connectivity index (χ2n) is 5.13. The highest BCUT2D eigenvalue weighted by molar-refractivity contribution is 6.00. The Kier molecular flexibility index (Phi) is 3.46. The van der Waals surface area contributed by atoms with Crippen molar-refractivity contribution < 1.29 is 9.59 Å². The number of nitrogens with zero attached hydrogens (tertiary/aromatic N) is 2. The van der Waals surface area contributed by atoms with Crippen molar-refractivity contribution in [1.29, 1.82) is 0 Å². The number of carbonyl (C=O) groups is 2. The summed E-state index contributed by atoms with van der Waals surface area (Å²) in [6.07, 6.45) is 0.614. The fraction of sp³-hybridized carbons (Fsp3) is 0.583. The average Bonchev–Trinajstić information content (AvgIpc) is 2.87. The average molecular weight is 265 g/mol. The normalized spacial score (nSPS) is 19.3. The van der Waals surface area contributed by atoms with Crippen LogP contribution in [-0.4, -0.2) is 46.5 Å². The van der Waals surface area contributed by atoms with Gasteiger partial charge in [0.2, 0.25) is 5.91 Å². The Morgan fingerprint density at radius 1 is 1.58 bits per heavy atom. The maximum Gasteiger partial charge on any atom is 0.274 e. The Hall–Kier alpha value is -2.05. The third-order valence-corrected chi connectivity index (χ3v) is 3.36. The summed E-state index contributed by atoms with van der Waals surface area (Å²) in [5.74, 6) is -0.325. The number of carbonyl (C=O) groups excluding carboxylic acids is 2. The number of H-pyrrole nitrogens is 1. The molecule has 1 fully saturated rings. The summed E-state index contributed by atoms with van der Waals surface area (Å²) in [7, 11) is 1.72. The molecule has 1 unspecified atom stereocenters. The molecule has 0 radical (unpaired) electrons. The third kappa shape index (κ3) is 2.40. The SMILES string of the molecule is CC(C)c1[nH]nc(C(=O)NC2CCN(C)C2=O)c1N. The van der Waals surface area contributed by atoms with Crippen molar-refractivity contribution in [1.82, 2.24) is 20.4 Å². The van der Waals surface area contributed by atoms with Gasteiger partial charge in [-0.25, -0.2) is 0 Å². The van der Waals surface area contributed by atoms with E-state index in [2.05, 4.69) is 15.5 Å². The fourth-order valence-electron chi connectivity index (χ4n) is 2.16. The lowest BCUT2D eigenvalue weighted by molar-refractivity contribution is -0.128. The number of amides is 2. The molecule has 1 aliphatic rings. The first kappa shape index (κ1) is 13.4. The number of hydrogen-bond acceptors (Lipinski definition) is 4. The molecule has 4 N–H and O–H groups in total. The molecule has 0 aliphatic carbocycles. The number of nitrogens with one attached hydrogen (secondary N) is 2. The van der Waals surface area contributed by atoms with Crippen molar-refractivity contribution >= 4 is 17.5 Å². The minimum absolute atomic E-state index is 0.0773. The summed E-state index contributed by atoms with van der Waals surface area (Å²) < 4.78 is 0. The van der Waals surface area contributed by atoms with Crippen LogP contribution in [-0.2, 0) is 4.79 Å². The minimum Gasteiger partial charge on any atom is -0.395 e. The molecule has 1 aliphatic heterocycles. The van der Waals surface area contributed by atoms with Crippen LogP contribution in [0.1, 0.15) is 42.4 Å². The maximum atomic E-state index is 12.1. The minimum atomic E-state index is -0.476. The predicted octanol–water partition coefficient (Wildman–Crippen LogP) is 0.0758. The first-order chi connectivity index (χ1) is 8.91. The first-order valence-electron chi connectivity index (χ1n) is 6.31. The van der Waals surface area contributed by atoms with Gasteiger partial charge in [0.05, 0.1) is 11.4 Å². The number of rotatable bonds is 3. The van der Waals surface area contributed by atoms with Gasteiger partial charge < -0.3 is 16.0 Å². The van der Waals surface area contributed by atoms with E-state index in [9.17, 15) is 9.59 Å². The van der Waals surface area contributed by atoms with Crippen LogP contribution < -0.4 is 11.1 Å². The van der Waals surface area contributed by atoms with E-state index in [0.717, 1.165) is 5.69 Å². The van der Waals surface area contributed by atoms with Gasteiger partial charge in [0.25, 0.3) is 5.91 Å². The van der Waals surface area contributed by atoms with Crippen molar-refractivity contribution in [2.75, 3.05) is 19.3 Å². The molecule has 2 rings (SSSR count). The van der Waals surface area contributed by atoms with Crippen molar-refractivity contribution in [3.05, 3.63) is 11.4 Å². The highest BCUT2D eigenvalue weighted by Crippen LogP contribution is 2.22. The van der Waals surface area contributed by atoms with Crippen molar-refractivity contribution in [3.63, 3.8) is 0 Å². The van der Waals surface area contributed by atoms with E-state index < -0.39 is 11.9 Å². The van der Waals surface area contributed by atoms with Crippen LogP contribution in [0.5, 0.6) is 0 Å². The fourth-order valence-corrected chi connectivity index (χ4v) is 2.16. The van der Waals surface area contributed by atoms with Gasteiger partial charge in [-0.2, -0.15) is 5.10 Å². The molecule has 1 atom stereocenters. The molecule has 1 saturated heterocycles. The summed E-state index contributed by atoms with van der Waals surface area (Å²) >= 11 is 0. The van der Waals surface area contributed by atoms with Crippen LogP contribution in [0.25, 0.3) is 0 Å². The summed E-state index contributed by atoms with van der Waals surface area (Å²) in [6, 6.07) is -0.476. The van der Waals surface area contributed by atoms with Crippen LogP contribution in [0.2, 0.25) is 0 Å². The maximum absolute atomic E-state index is 12.1. The van der Waals surface area contributed by atoms with Crippen LogP contribution in [0.4, 0.5) is 5.69 Å². The molecule has 0 spiro atoms. The zero-order valence-corrected chi connectivity index (χ0v) is 11.4. The Morgan fingerprint density at radius 2 is 2.26 bits per heavy atom. The largest absolute Gasteiger partial charge is 0.395 e. The Balaban J connectivity index is 2.11. The molecule has 2 amide bonds. The van der Waals surface area contributed by atoms with Gasteiger partial charge in [0.15, 0.2) is 5.69 Å². The number of aromatic amines is 1. The monoisotopic (exact) mass is 265 g/mol. The quantitative estimate of drug-likeness (QED) is 0.719. The van der Waals surface area contributed by atoms with E-state index in [1.165, 1.54) is 0 Å². The molecule has 1 aromatic heterocycles. The molecule has 104 valence electrons. The van der Waals surface area contributed by atoms with E-state index in [4.69, 9.17) is 5.73 Å². The number of likely N-dealkylation sites (tertiary alicyclic amines) is 1. The second-order valence-corrected chi connectivity index (χ2v) is 5.13. The number of nitrogen functional groups attached to an aromatic ring is 1. The summed E-state index contributed by atoms with van der Waals surface area (Å²) in [5.41, 5.74) is 7.14. The highest BCUT2D eigenvalue weighted by atomic mass is 16.2. The molecule has 2 heterocycles. The third-order valence-electron chi connectivity index (χ3n) is 3.36. The molecule has 7 heteroatoms. The summed E-state index contributed by atoms with van der Waals surface area (Å²) in [6.45, 7) is 4.57. The molecule has 7 nitrogen and oxygen atoms in total. The predicted molar refractivity (Wildman–Crippen MR) is 70.6 cm³/mol. The number of likely N-dealkylation sites (N-methyl/N-ethyl adjacent to an activating group) is 1. The molecular weight excluding hydrogens is 246 g/mol. The van der Waals surface area contributed by atoms with Gasteiger partial charge in [-0.15, -0.1) is 0 Å². The lowest BCUT2D eigenvalue weighted by Gasteiger charge is -2.11. The molecule has 0 aromatic carbocycles. The van der Waals surface area contributed by atoms with E-state index in [-0.39, 0.29) is 17.5 Å². The lowest BCUT2D eigenvalue weighted by Crippen LogP contribution is -2.40. The zero-order chi connectivity index (χ0) is 14.2. The smallest absolute Gasteiger partial charge is 0.274 e. The van der Waals surface area contributed by atoms with Gasteiger partial charge in [-0.05, 0) is 12.3 Å². The standard InChI is InChI=1S/C12H19N5O2/c1-6(2)9-8(13)10(16-15-9)11(18)14-7-4-5-17(3)12(7)19/h6-7H,4-5,13H2,1-3H3,(H,14,18)(H,15,16). The summed E-state index contributed by atoms with van der Waals surface area (Å²) in [4.78, 5) is 25.4. The van der Waals surface area contributed by atoms with Crippen LogP contribution >= 0.6 is 0 Å². The number of nitrogens with two attached hydrogens (primary N) is 1. The Morgan fingerprint density at radius 3 is 2.74 bits per heavy atom. The molecule has 1 aromatic rings. The van der Waals surface area contributed by atoms with Crippen molar-refractivity contribution in [3.8, 4) is 0 Å². The zero-order valence-electron chi connectivity index (χ0n) is 11.4. The van der Waals surface area contributed by atoms with Gasteiger partial charge in [-0.3, -0.25) is 14.7 Å². The van der Waals surface area contributed by atoms with Crippen LogP contribution in [0.3, 0.4) is 0 Å². The molecule has 0 bridgehead atoms.